The van der Waals surface area contributed by atoms with E-state index in [9.17, 15) is 9.59 Å². The topological polar surface area (TPSA) is 65.8 Å². The smallest absolute Gasteiger partial charge is 0.225 e. The average Bonchev–Trinajstić information content (AvgIpc) is 3.36. The monoisotopic (exact) mass is 347 g/mol. The molecule has 1 atom stereocenters. The molecule has 1 aromatic heterocycles. The lowest BCUT2D eigenvalue weighted by Crippen LogP contribution is -2.44. The molecule has 6 heteroatoms. The van der Waals surface area contributed by atoms with E-state index in [1.54, 1.807) is 0 Å². The van der Waals surface area contributed by atoms with Crippen molar-refractivity contribution >= 4 is 11.8 Å². The van der Waals surface area contributed by atoms with Crippen LogP contribution in [-0.2, 0) is 9.59 Å². The van der Waals surface area contributed by atoms with Gasteiger partial charge in [-0.05, 0) is 58.8 Å². The summed E-state index contributed by atoms with van der Waals surface area (Å²) in [7, 11) is 3.97. The normalized spacial score (nSPS) is 19.9. The van der Waals surface area contributed by atoms with Gasteiger partial charge in [0.25, 0.3) is 0 Å². The number of hydrogen-bond acceptors (Lipinski definition) is 4. The highest BCUT2D eigenvalue weighted by molar-refractivity contribution is 5.82. The number of carbonyl (C=O) groups is 2. The maximum absolute atomic E-state index is 12.5. The zero-order chi connectivity index (χ0) is 18.0. The molecule has 2 aliphatic rings. The van der Waals surface area contributed by atoms with E-state index in [4.69, 9.17) is 4.42 Å². The van der Waals surface area contributed by atoms with Gasteiger partial charge in [-0.2, -0.15) is 0 Å². The Labute approximate surface area is 149 Å². The molecule has 1 aliphatic carbocycles. The first-order chi connectivity index (χ1) is 12.0. The second kappa shape index (κ2) is 7.60. The Morgan fingerprint density at radius 3 is 2.40 bits per heavy atom. The van der Waals surface area contributed by atoms with Gasteiger partial charge in [0.05, 0.1) is 6.04 Å². The van der Waals surface area contributed by atoms with E-state index in [0.717, 1.165) is 37.2 Å². The maximum atomic E-state index is 12.5. The first-order valence-corrected chi connectivity index (χ1v) is 9.25. The second-order valence-corrected chi connectivity index (χ2v) is 7.55. The van der Waals surface area contributed by atoms with Crippen LogP contribution in [0, 0.1) is 18.8 Å². The van der Waals surface area contributed by atoms with Gasteiger partial charge in [0.2, 0.25) is 11.8 Å². The first-order valence-electron chi connectivity index (χ1n) is 9.25. The molecule has 1 saturated carbocycles. The predicted molar refractivity (Wildman–Crippen MR) is 94.9 cm³/mol. The third-order valence-electron chi connectivity index (χ3n) is 5.29. The number of likely N-dealkylation sites (tertiary alicyclic amines) is 1. The Morgan fingerprint density at radius 2 is 1.88 bits per heavy atom. The lowest BCUT2D eigenvalue weighted by atomic mass is 9.95. The van der Waals surface area contributed by atoms with E-state index in [1.165, 1.54) is 0 Å². The molecule has 0 aromatic carbocycles. The van der Waals surface area contributed by atoms with Crippen LogP contribution in [0.25, 0.3) is 0 Å². The SMILES string of the molecule is Cc1ccc([C@@H](CNC(=O)C2CCN(C(=O)C3CC3)CC2)N(C)C)o1. The minimum absolute atomic E-state index is 0.00408. The third-order valence-corrected chi connectivity index (χ3v) is 5.29. The van der Waals surface area contributed by atoms with Gasteiger partial charge in [-0.15, -0.1) is 0 Å². The number of rotatable bonds is 6. The largest absolute Gasteiger partial charge is 0.465 e. The Balaban J connectivity index is 1.47. The van der Waals surface area contributed by atoms with Crippen molar-refractivity contribution in [3.63, 3.8) is 0 Å². The van der Waals surface area contributed by atoms with Crippen LogP contribution in [0.5, 0.6) is 0 Å². The number of hydrogen-bond donors (Lipinski definition) is 1. The van der Waals surface area contributed by atoms with Gasteiger partial charge < -0.3 is 14.6 Å². The van der Waals surface area contributed by atoms with Crippen molar-refractivity contribution in [3.8, 4) is 0 Å². The number of furan rings is 1. The van der Waals surface area contributed by atoms with Crippen LogP contribution in [0.1, 0.15) is 43.2 Å². The van der Waals surface area contributed by atoms with E-state index >= 15 is 0 Å². The van der Waals surface area contributed by atoms with Crippen LogP contribution in [0.4, 0.5) is 0 Å². The number of likely N-dealkylation sites (N-methyl/N-ethyl adjacent to an activating group) is 1. The van der Waals surface area contributed by atoms with Crippen molar-refractivity contribution in [3.05, 3.63) is 23.7 Å². The summed E-state index contributed by atoms with van der Waals surface area (Å²) < 4.78 is 5.72. The van der Waals surface area contributed by atoms with Gasteiger partial charge in [-0.1, -0.05) is 0 Å². The van der Waals surface area contributed by atoms with Crippen LogP contribution in [-0.4, -0.2) is 55.3 Å². The molecular weight excluding hydrogens is 318 g/mol. The van der Waals surface area contributed by atoms with Gasteiger partial charge >= 0.3 is 0 Å². The van der Waals surface area contributed by atoms with Crippen molar-refractivity contribution in [2.45, 2.75) is 38.6 Å². The molecule has 0 radical (unpaired) electrons. The van der Waals surface area contributed by atoms with Gasteiger partial charge in [-0.25, -0.2) is 0 Å². The van der Waals surface area contributed by atoms with Crippen molar-refractivity contribution in [1.82, 2.24) is 15.1 Å². The number of amides is 2. The molecule has 0 spiro atoms. The summed E-state index contributed by atoms with van der Waals surface area (Å²) >= 11 is 0. The van der Waals surface area contributed by atoms with E-state index < -0.39 is 0 Å². The van der Waals surface area contributed by atoms with Crippen molar-refractivity contribution in [2.24, 2.45) is 11.8 Å². The summed E-state index contributed by atoms with van der Waals surface area (Å²) in [6.07, 6.45) is 3.60. The number of nitrogens with one attached hydrogen (secondary N) is 1. The van der Waals surface area contributed by atoms with E-state index in [1.807, 2.05) is 38.1 Å². The average molecular weight is 347 g/mol. The quantitative estimate of drug-likeness (QED) is 0.854. The molecule has 3 rings (SSSR count). The molecule has 2 heterocycles. The fourth-order valence-corrected chi connectivity index (χ4v) is 3.46. The summed E-state index contributed by atoms with van der Waals surface area (Å²) in [5, 5.41) is 3.08. The number of carbonyl (C=O) groups excluding carboxylic acids is 2. The van der Waals surface area contributed by atoms with Crippen molar-refractivity contribution in [1.29, 1.82) is 0 Å². The summed E-state index contributed by atoms with van der Waals surface area (Å²) in [5.74, 6) is 2.40. The standard InChI is InChI=1S/C19H29N3O3/c1-13-4-7-17(25-13)16(21(2)3)12-20-18(23)14-8-10-22(11-9-14)19(24)15-5-6-15/h4,7,14-16H,5-6,8-12H2,1-3H3,(H,20,23)/t16-/m1/s1. The Kier molecular flexibility index (Phi) is 5.47. The van der Waals surface area contributed by atoms with Crippen LogP contribution in [0.2, 0.25) is 0 Å². The molecular formula is C19H29N3O3. The summed E-state index contributed by atoms with van der Waals surface area (Å²) in [4.78, 5) is 28.6. The molecule has 25 heavy (non-hydrogen) atoms. The third kappa shape index (κ3) is 4.42. The minimum Gasteiger partial charge on any atom is -0.465 e. The fraction of sp³-hybridized carbons (Fsp3) is 0.684. The highest BCUT2D eigenvalue weighted by Crippen LogP contribution is 2.32. The van der Waals surface area contributed by atoms with E-state index in [0.29, 0.717) is 25.5 Å². The lowest BCUT2D eigenvalue weighted by molar-refractivity contribution is -0.136. The summed E-state index contributed by atoms with van der Waals surface area (Å²) in [6, 6.07) is 3.93. The molecule has 2 fully saturated rings. The van der Waals surface area contributed by atoms with Gasteiger partial charge in [-0.3, -0.25) is 14.5 Å². The number of piperidine rings is 1. The zero-order valence-electron chi connectivity index (χ0n) is 15.5. The van der Waals surface area contributed by atoms with Crippen LogP contribution >= 0.6 is 0 Å². The highest BCUT2D eigenvalue weighted by atomic mass is 16.3. The van der Waals surface area contributed by atoms with Crippen molar-refractivity contribution < 1.29 is 14.0 Å². The molecule has 1 N–H and O–H groups in total. The molecule has 0 unspecified atom stereocenters. The highest BCUT2D eigenvalue weighted by Gasteiger charge is 2.36. The lowest BCUT2D eigenvalue weighted by Gasteiger charge is -2.32. The Hall–Kier alpha value is -1.82. The molecule has 138 valence electrons. The molecule has 1 aliphatic heterocycles. The molecule has 2 amide bonds. The molecule has 1 saturated heterocycles. The summed E-state index contributed by atoms with van der Waals surface area (Å²) in [5.41, 5.74) is 0. The molecule has 0 bridgehead atoms. The van der Waals surface area contributed by atoms with Crippen LogP contribution in [0.3, 0.4) is 0 Å². The van der Waals surface area contributed by atoms with Crippen molar-refractivity contribution in [2.75, 3.05) is 33.7 Å². The minimum atomic E-state index is 0.00408. The molecule has 1 aromatic rings. The van der Waals surface area contributed by atoms with Gasteiger partial charge in [0.15, 0.2) is 0 Å². The predicted octanol–water partition coefficient (Wildman–Crippen LogP) is 1.96. The van der Waals surface area contributed by atoms with E-state index in [2.05, 4.69) is 10.2 Å². The van der Waals surface area contributed by atoms with Gasteiger partial charge in [0.1, 0.15) is 11.5 Å². The zero-order valence-corrected chi connectivity index (χ0v) is 15.5. The van der Waals surface area contributed by atoms with Crippen LogP contribution < -0.4 is 5.32 Å². The van der Waals surface area contributed by atoms with Gasteiger partial charge in [0, 0.05) is 31.5 Å². The number of nitrogens with zero attached hydrogens (tertiary/aromatic N) is 2. The first kappa shape index (κ1) is 18.0. The Bertz CT molecular complexity index is 613. The van der Waals surface area contributed by atoms with Crippen LogP contribution in [0.15, 0.2) is 16.5 Å². The molecule has 6 nitrogen and oxygen atoms in total. The van der Waals surface area contributed by atoms with E-state index in [-0.39, 0.29) is 23.8 Å². The maximum Gasteiger partial charge on any atom is 0.225 e. The summed E-state index contributed by atoms with van der Waals surface area (Å²) in [6.45, 7) is 3.87. The second-order valence-electron chi connectivity index (χ2n) is 7.55. The fourth-order valence-electron chi connectivity index (χ4n) is 3.46. The number of aryl methyl sites for hydroxylation is 1. The Morgan fingerprint density at radius 1 is 1.20 bits per heavy atom.